The van der Waals surface area contributed by atoms with Crippen LogP contribution < -0.4 is 4.74 Å². The van der Waals surface area contributed by atoms with Gasteiger partial charge < -0.3 is 9.84 Å². The summed E-state index contributed by atoms with van der Waals surface area (Å²) in [6.45, 7) is 4.49. The Kier molecular flexibility index (Phi) is 5.64. The third-order valence-corrected chi connectivity index (χ3v) is 2.89. The van der Waals surface area contributed by atoms with Crippen molar-refractivity contribution in [3.63, 3.8) is 0 Å². The van der Waals surface area contributed by atoms with Gasteiger partial charge in [-0.1, -0.05) is 31.9 Å². The number of hydrogen-bond donors (Lipinski definition) is 1. The summed E-state index contributed by atoms with van der Waals surface area (Å²) in [6.07, 6.45) is 1.69. The highest BCUT2D eigenvalue weighted by Gasteiger charge is 2.13. The topological polar surface area (TPSA) is 29.5 Å². The van der Waals surface area contributed by atoms with E-state index in [4.69, 9.17) is 16.3 Å². The molecule has 1 aromatic rings. The smallest absolute Gasteiger partial charge is 0.119 e. The minimum absolute atomic E-state index is 0.275. The summed E-state index contributed by atoms with van der Waals surface area (Å²) in [5, 5.41) is 10.5. The van der Waals surface area contributed by atoms with Gasteiger partial charge in [-0.2, -0.15) is 0 Å². The molecule has 1 rings (SSSR count). The van der Waals surface area contributed by atoms with Gasteiger partial charge in [0.2, 0.25) is 0 Å². The van der Waals surface area contributed by atoms with Crippen LogP contribution in [0.15, 0.2) is 24.3 Å². The molecule has 0 aliphatic carbocycles. The lowest BCUT2D eigenvalue weighted by Gasteiger charge is -2.18. The summed E-state index contributed by atoms with van der Waals surface area (Å²) in [6, 6.07) is 7.16. The minimum Gasteiger partial charge on any atom is -0.491 e. The highest BCUT2D eigenvalue weighted by Crippen LogP contribution is 2.17. The molecule has 0 bridgehead atoms. The molecule has 0 saturated heterocycles. The fraction of sp³-hybridized carbons (Fsp3) is 0.538. The molecule has 0 aromatic heterocycles. The van der Waals surface area contributed by atoms with E-state index in [1.807, 2.05) is 6.92 Å². The number of aliphatic hydroxyl groups is 1. The van der Waals surface area contributed by atoms with Crippen LogP contribution in [0.1, 0.15) is 26.7 Å². The zero-order valence-corrected chi connectivity index (χ0v) is 10.6. The number of hydrogen-bond acceptors (Lipinski definition) is 2. The van der Waals surface area contributed by atoms with Gasteiger partial charge in [0.15, 0.2) is 0 Å². The summed E-state index contributed by atoms with van der Waals surface area (Å²) >= 11 is 5.76. The zero-order chi connectivity index (χ0) is 12.0. The maximum atomic E-state index is 9.81. The predicted octanol–water partition coefficient (Wildman–Crippen LogP) is 3.52. The average molecular weight is 243 g/mol. The Hall–Kier alpha value is -0.730. The molecule has 0 amide bonds. The van der Waals surface area contributed by atoms with Crippen LogP contribution in [0.3, 0.4) is 0 Å². The summed E-state index contributed by atoms with van der Waals surface area (Å²) in [7, 11) is 0. The lowest BCUT2D eigenvalue weighted by molar-refractivity contribution is 0.0601. The minimum atomic E-state index is -0.407. The van der Waals surface area contributed by atoms with E-state index < -0.39 is 6.10 Å². The van der Waals surface area contributed by atoms with Gasteiger partial charge in [-0.3, -0.25) is 0 Å². The SMILES string of the molecule is CCCC(C)C(O)COc1ccc(Cl)cc1. The molecule has 0 spiro atoms. The number of aliphatic hydroxyl groups excluding tert-OH is 1. The predicted molar refractivity (Wildman–Crippen MR) is 67.0 cm³/mol. The maximum Gasteiger partial charge on any atom is 0.119 e. The maximum absolute atomic E-state index is 9.81. The van der Waals surface area contributed by atoms with E-state index in [0.29, 0.717) is 11.6 Å². The number of ether oxygens (including phenoxy) is 1. The van der Waals surface area contributed by atoms with Crippen molar-refractivity contribution < 1.29 is 9.84 Å². The van der Waals surface area contributed by atoms with E-state index in [1.165, 1.54) is 0 Å². The zero-order valence-electron chi connectivity index (χ0n) is 9.82. The molecule has 90 valence electrons. The fourth-order valence-corrected chi connectivity index (χ4v) is 1.65. The Morgan fingerprint density at radius 2 is 1.94 bits per heavy atom. The molecule has 2 atom stereocenters. The van der Waals surface area contributed by atoms with Crippen LogP contribution in [0.5, 0.6) is 5.75 Å². The van der Waals surface area contributed by atoms with Gasteiger partial charge >= 0.3 is 0 Å². The van der Waals surface area contributed by atoms with Crippen molar-refractivity contribution in [1.29, 1.82) is 0 Å². The lowest BCUT2D eigenvalue weighted by Crippen LogP contribution is -2.25. The van der Waals surface area contributed by atoms with Crippen molar-refractivity contribution in [3.05, 3.63) is 29.3 Å². The van der Waals surface area contributed by atoms with Gasteiger partial charge in [-0.15, -0.1) is 0 Å². The van der Waals surface area contributed by atoms with Gasteiger partial charge in [0.05, 0.1) is 6.10 Å². The molecular formula is C13H19ClO2. The second-order valence-electron chi connectivity index (χ2n) is 4.10. The van der Waals surface area contributed by atoms with E-state index in [-0.39, 0.29) is 5.92 Å². The highest BCUT2D eigenvalue weighted by molar-refractivity contribution is 6.30. The molecular weight excluding hydrogens is 224 g/mol. The van der Waals surface area contributed by atoms with Crippen molar-refractivity contribution >= 4 is 11.6 Å². The van der Waals surface area contributed by atoms with Crippen LogP contribution in [-0.2, 0) is 0 Å². The average Bonchev–Trinajstić information content (AvgIpc) is 2.28. The van der Waals surface area contributed by atoms with Crippen molar-refractivity contribution in [2.75, 3.05) is 6.61 Å². The first-order chi connectivity index (χ1) is 7.63. The number of benzene rings is 1. The molecule has 2 unspecified atom stereocenters. The molecule has 2 nitrogen and oxygen atoms in total. The number of halogens is 1. The van der Waals surface area contributed by atoms with Gasteiger partial charge in [-0.25, -0.2) is 0 Å². The van der Waals surface area contributed by atoms with E-state index in [0.717, 1.165) is 18.6 Å². The van der Waals surface area contributed by atoms with E-state index in [9.17, 15) is 5.11 Å². The Bertz CT molecular complexity index is 297. The van der Waals surface area contributed by atoms with Crippen molar-refractivity contribution in [2.24, 2.45) is 5.92 Å². The Morgan fingerprint density at radius 1 is 1.31 bits per heavy atom. The molecule has 3 heteroatoms. The largest absolute Gasteiger partial charge is 0.491 e. The van der Waals surface area contributed by atoms with Gasteiger partial charge in [-0.05, 0) is 36.6 Å². The van der Waals surface area contributed by atoms with Crippen LogP contribution in [-0.4, -0.2) is 17.8 Å². The quantitative estimate of drug-likeness (QED) is 0.827. The van der Waals surface area contributed by atoms with Crippen LogP contribution in [0.4, 0.5) is 0 Å². The molecule has 0 radical (unpaired) electrons. The van der Waals surface area contributed by atoms with E-state index in [1.54, 1.807) is 24.3 Å². The normalized spacial score (nSPS) is 14.5. The lowest BCUT2D eigenvalue weighted by atomic mass is 10.0. The van der Waals surface area contributed by atoms with Crippen LogP contribution in [0, 0.1) is 5.92 Å². The van der Waals surface area contributed by atoms with Crippen molar-refractivity contribution in [3.8, 4) is 5.75 Å². The standard InChI is InChI=1S/C13H19ClO2/c1-3-4-10(2)13(15)9-16-12-7-5-11(14)6-8-12/h5-8,10,13,15H,3-4,9H2,1-2H3. The Morgan fingerprint density at radius 3 is 2.50 bits per heavy atom. The van der Waals surface area contributed by atoms with E-state index in [2.05, 4.69) is 6.92 Å². The summed E-state index contributed by atoms with van der Waals surface area (Å²) in [4.78, 5) is 0. The molecule has 1 aromatic carbocycles. The third-order valence-electron chi connectivity index (χ3n) is 2.64. The molecule has 0 saturated carbocycles. The summed E-state index contributed by atoms with van der Waals surface area (Å²) < 4.78 is 5.48. The molecule has 0 aliphatic rings. The van der Waals surface area contributed by atoms with Crippen LogP contribution >= 0.6 is 11.6 Å². The van der Waals surface area contributed by atoms with Crippen LogP contribution in [0.2, 0.25) is 5.02 Å². The molecule has 0 heterocycles. The molecule has 1 N–H and O–H groups in total. The van der Waals surface area contributed by atoms with Gasteiger partial charge in [0, 0.05) is 5.02 Å². The van der Waals surface area contributed by atoms with E-state index >= 15 is 0 Å². The monoisotopic (exact) mass is 242 g/mol. The second-order valence-corrected chi connectivity index (χ2v) is 4.53. The summed E-state index contributed by atoms with van der Waals surface area (Å²) in [5.74, 6) is 1.02. The highest BCUT2D eigenvalue weighted by atomic mass is 35.5. The fourth-order valence-electron chi connectivity index (χ4n) is 1.52. The third kappa shape index (κ3) is 4.42. The second kappa shape index (κ2) is 6.77. The first-order valence-corrected chi connectivity index (χ1v) is 6.07. The van der Waals surface area contributed by atoms with Gasteiger partial charge in [0.1, 0.15) is 12.4 Å². The van der Waals surface area contributed by atoms with Crippen molar-refractivity contribution in [2.45, 2.75) is 32.8 Å². The first kappa shape index (κ1) is 13.3. The first-order valence-electron chi connectivity index (χ1n) is 5.70. The van der Waals surface area contributed by atoms with Gasteiger partial charge in [0.25, 0.3) is 0 Å². The molecule has 0 aliphatic heterocycles. The Labute approximate surface area is 102 Å². The summed E-state index contributed by atoms with van der Waals surface area (Å²) in [5.41, 5.74) is 0. The number of rotatable bonds is 6. The molecule has 16 heavy (non-hydrogen) atoms. The molecule has 0 fully saturated rings. The van der Waals surface area contributed by atoms with Crippen molar-refractivity contribution in [1.82, 2.24) is 0 Å². The Balaban J connectivity index is 2.36. The van der Waals surface area contributed by atoms with Crippen LogP contribution in [0.25, 0.3) is 0 Å².